The van der Waals surface area contributed by atoms with Gasteiger partial charge in [-0.05, 0) is 13.3 Å². The van der Waals surface area contributed by atoms with E-state index in [1.165, 1.54) is 0 Å². The molecule has 0 aromatic rings. The lowest BCUT2D eigenvalue weighted by Gasteiger charge is -2.27. The minimum absolute atomic E-state index is 0.205. The van der Waals surface area contributed by atoms with Crippen molar-refractivity contribution in [3.8, 4) is 0 Å². The van der Waals surface area contributed by atoms with E-state index in [1.807, 2.05) is 0 Å². The highest BCUT2D eigenvalue weighted by Crippen LogP contribution is 2.12. The fourth-order valence-electron chi connectivity index (χ4n) is 1.38. The molecule has 1 amide bonds. The van der Waals surface area contributed by atoms with Gasteiger partial charge in [-0.3, -0.25) is 9.79 Å². The standard InChI is InChI=1S/C8H15N3O/c1-6(9)10-7-3-4-8(12)11(2)5-7/h7H,3-5H2,1-2H3,(H2,9,10). The lowest BCUT2D eigenvalue weighted by atomic mass is 10.1. The molecule has 0 aromatic carbocycles. The van der Waals surface area contributed by atoms with Crippen LogP contribution < -0.4 is 5.73 Å². The minimum Gasteiger partial charge on any atom is -0.388 e. The molecule has 1 rings (SSSR count). The first-order valence-corrected chi connectivity index (χ1v) is 4.13. The molecule has 0 radical (unpaired) electrons. The summed E-state index contributed by atoms with van der Waals surface area (Å²) in [5.74, 6) is 0.805. The zero-order valence-corrected chi connectivity index (χ0v) is 7.58. The van der Waals surface area contributed by atoms with Gasteiger partial charge < -0.3 is 10.6 Å². The van der Waals surface area contributed by atoms with Crippen LogP contribution in [0.5, 0.6) is 0 Å². The average Bonchev–Trinajstić information content (AvgIpc) is 1.96. The predicted octanol–water partition coefficient (Wildman–Crippen LogP) is -0.0157. The molecular formula is C8H15N3O. The summed E-state index contributed by atoms with van der Waals surface area (Å²) in [5, 5.41) is 0. The Kier molecular flexibility index (Phi) is 2.68. The van der Waals surface area contributed by atoms with Crippen LogP contribution in [0.15, 0.2) is 4.99 Å². The summed E-state index contributed by atoms with van der Waals surface area (Å²) in [6, 6.07) is 0.206. The van der Waals surface area contributed by atoms with Crippen LogP contribution in [0.1, 0.15) is 19.8 Å². The molecule has 12 heavy (non-hydrogen) atoms. The maximum Gasteiger partial charge on any atom is 0.222 e. The van der Waals surface area contributed by atoms with Gasteiger partial charge in [0, 0.05) is 20.0 Å². The van der Waals surface area contributed by atoms with Crippen LogP contribution >= 0.6 is 0 Å². The molecule has 1 atom stereocenters. The second-order valence-electron chi connectivity index (χ2n) is 3.24. The number of nitrogens with two attached hydrogens (primary N) is 1. The van der Waals surface area contributed by atoms with Gasteiger partial charge in [0.1, 0.15) is 0 Å². The van der Waals surface area contributed by atoms with Gasteiger partial charge in [-0.15, -0.1) is 0 Å². The molecule has 1 saturated heterocycles. The molecule has 1 fully saturated rings. The number of piperidine rings is 1. The maximum absolute atomic E-state index is 11.1. The second-order valence-corrected chi connectivity index (χ2v) is 3.24. The van der Waals surface area contributed by atoms with Gasteiger partial charge in [0.2, 0.25) is 5.91 Å². The van der Waals surface area contributed by atoms with Crippen molar-refractivity contribution in [2.45, 2.75) is 25.8 Å². The molecule has 0 aromatic heterocycles. The molecule has 0 aliphatic carbocycles. The molecule has 0 saturated carbocycles. The Balaban J connectivity index is 2.51. The Morgan fingerprint density at radius 1 is 1.75 bits per heavy atom. The lowest BCUT2D eigenvalue weighted by molar-refractivity contribution is -0.132. The molecule has 4 nitrogen and oxygen atoms in total. The molecular weight excluding hydrogens is 154 g/mol. The van der Waals surface area contributed by atoms with E-state index in [0.717, 1.165) is 6.42 Å². The third-order valence-electron chi connectivity index (χ3n) is 1.99. The van der Waals surface area contributed by atoms with E-state index in [-0.39, 0.29) is 11.9 Å². The Bertz CT molecular complexity index is 208. The number of carbonyl (C=O) groups excluding carboxylic acids is 1. The van der Waals surface area contributed by atoms with Gasteiger partial charge in [-0.25, -0.2) is 0 Å². The zero-order valence-electron chi connectivity index (χ0n) is 7.58. The normalized spacial score (nSPS) is 26.2. The summed E-state index contributed by atoms with van der Waals surface area (Å²) in [6.07, 6.45) is 1.43. The Morgan fingerprint density at radius 2 is 2.42 bits per heavy atom. The molecule has 2 N–H and O–H groups in total. The molecule has 1 aliphatic rings. The second kappa shape index (κ2) is 3.56. The number of amides is 1. The van der Waals surface area contributed by atoms with Crippen LogP contribution in [0, 0.1) is 0 Å². The van der Waals surface area contributed by atoms with Crippen molar-refractivity contribution in [1.82, 2.24) is 4.90 Å². The van der Waals surface area contributed by atoms with Crippen LogP contribution in [-0.4, -0.2) is 36.3 Å². The van der Waals surface area contributed by atoms with E-state index in [1.54, 1.807) is 18.9 Å². The number of likely N-dealkylation sites (tertiary alicyclic amines) is 1. The smallest absolute Gasteiger partial charge is 0.222 e. The molecule has 4 heteroatoms. The molecule has 1 heterocycles. The quantitative estimate of drug-likeness (QED) is 0.443. The number of nitrogens with zero attached hydrogens (tertiary/aromatic N) is 2. The number of aliphatic imine (C=N–C) groups is 1. The van der Waals surface area contributed by atoms with Crippen molar-refractivity contribution in [2.75, 3.05) is 13.6 Å². The summed E-state index contributed by atoms with van der Waals surface area (Å²) in [6.45, 7) is 2.48. The van der Waals surface area contributed by atoms with Crippen LogP contribution in [0.4, 0.5) is 0 Å². The van der Waals surface area contributed by atoms with Gasteiger partial charge in [-0.2, -0.15) is 0 Å². The third kappa shape index (κ3) is 2.22. The van der Waals surface area contributed by atoms with Gasteiger partial charge in [-0.1, -0.05) is 0 Å². The van der Waals surface area contributed by atoms with E-state index < -0.39 is 0 Å². The minimum atomic E-state index is 0.205. The topological polar surface area (TPSA) is 58.7 Å². The highest BCUT2D eigenvalue weighted by molar-refractivity contribution is 5.79. The van der Waals surface area contributed by atoms with Crippen molar-refractivity contribution >= 4 is 11.7 Å². The highest BCUT2D eigenvalue weighted by Gasteiger charge is 2.21. The zero-order chi connectivity index (χ0) is 9.14. The van der Waals surface area contributed by atoms with Crippen molar-refractivity contribution in [3.63, 3.8) is 0 Å². The number of hydrogen-bond acceptors (Lipinski definition) is 2. The molecule has 1 aliphatic heterocycles. The average molecular weight is 169 g/mol. The molecule has 1 unspecified atom stereocenters. The number of likely N-dealkylation sites (N-methyl/N-ethyl adjacent to an activating group) is 1. The number of hydrogen-bond donors (Lipinski definition) is 1. The van der Waals surface area contributed by atoms with Crippen molar-refractivity contribution < 1.29 is 4.79 Å². The van der Waals surface area contributed by atoms with Gasteiger partial charge in [0.05, 0.1) is 11.9 Å². The van der Waals surface area contributed by atoms with Crippen LogP contribution in [0.2, 0.25) is 0 Å². The SMILES string of the molecule is CC(N)=NC1CCC(=O)N(C)C1. The summed E-state index contributed by atoms with van der Waals surface area (Å²) < 4.78 is 0. The van der Waals surface area contributed by atoms with E-state index in [0.29, 0.717) is 18.8 Å². The Labute approximate surface area is 72.4 Å². The van der Waals surface area contributed by atoms with Crippen molar-refractivity contribution in [2.24, 2.45) is 10.7 Å². The van der Waals surface area contributed by atoms with Crippen LogP contribution in [0.3, 0.4) is 0 Å². The van der Waals surface area contributed by atoms with E-state index in [2.05, 4.69) is 4.99 Å². The molecule has 0 bridgehead atoms. The van der Waals surface area contributed by atoms with Gasteiger partial charge in [0.25, 0.3) is 0 Å². The highest BCUT2D eigenvalue weighted by atomic mass is 16.2. The first-order chi connectivity index (χ1) is 5.59. The lowest BCUT2D eigenvalue weighted by Crippen LogP contribution is -2.39. The summed E-state index contributed by atoms with van der Waals surface area (Å²) in [4.78, 5) is 17.0. The number of rotatable bonds is 1. The third-order valence-corrected chi connectivity index (χ3v) is 1.99. The Hall–Kier alpha value is -1.06. The van der Waals surface area contributed by atoms with Crippen LogP contribution in [-0.2, 0) is 4.79 Å². The molecule has 68 valence electrons. The summed E-state index contributed by atoms with van der Waals surface area (Å²) in [5.41, 5.74) is 5.45. The van der Waals surface area contributed by atoms with E-state index in [9.17, 15) is 4.79 Å². The fourth-order valence-corrected chi connectivity index (χ4v) is 1.38. The Morgan fingerprint density at radius 3 is 2.92 bits per heavy atom. The van der Waals surface area contributed by atoms with E-state index >= 15 is 0 Å². The largest absolute Gasteiger partial charge is 0.388 e. The van der Waals surface area contributed by atoms with Crippen molar-refractivity contribution in [3.05, 3.63) is 0 Å². The monoisotopic (exact) mass is 169 g/mol. The van der Waals surface area contributed by atoms with Crippen LogP contribution in [0.25, 0.3) is 0 Å². The maximum atomic E-state index is 11.1. The first-order valence-electron chi connectivity index (χ1n) is 4.13. The first kappa shape index (κ1) is 9.03. The van der Waals surface area contributed by atoms with Gasteiger partial charge in [0.15, 0.2) is 0 Å². The van der Waals surface area contributed by atoms with Gasteiger partial charge >= 0.3 is 0 Å². The summed E-state index contributed by atoms with van der Waals surface area (Å²) >= 11 is 0. The molecule has 0 spiro atoms. The number of amidine groups is 1. The van der Waals surface area contributed by atoms with Crippen molar-refractivity contribution in [1.29, 1.82) is 0 Å². The summed E-state index contributed by atoms with van der Waals surface area (Å²) in [7, 11) is 1.80. The number of carbonyl (C=O) groups is 1. The predicted molar refractivity (Wildman–Crippen MR) is 48.0 cm³/mol. The fraction of sp³-hybridized carbons (Fsp3) is 0.750. The van der Waals surface area contributed by atoms with E-state index in [4.69, 9.17) is 5.73 Å².